The van der Waals surface area contributed by atoms with Crippen LogP contribution >= 0.6 is 0 Å². The lowest BCUT2D eigenvalue weighted by Crippen LogP contribution is -2.36. The Morgan fingerprint density at radius 1 is 1.59 bits per heavy atom. The van der Waals surface area contributed by atoms with Crippen LogP contribution in [0.4, 0.5) is 5.69 Å². The van der Waals surface area contributed by atoms with E-state index in [9.17, 15) is 4.79 Å². The summed E-state index contributed by atoms with van der Waals surface area (Å²) < 4.78 is 4.85. The summed E-state index contributed by atoms with van der Waals surface area (Å²) in [5.41, 5.74) is 6.56. The first kappa shape index (κ1) is 13.2. The second kappa shape index (κ2) is 6.63. The fourth-order valence-electron chi connectivity index (χ4n) is 1.29. The van der Waals surface area contributed by atoms with Gasteiger partial charge in [-0.1, -0.05) is 12.1 Å². The monoisotopic (exact) mass is 233 g/mol. The lowest BCUT2D eigenvalue weighted by molar-refractivity contribution is -0.117. The SMILES string of the molecule is COCCC(N)C(=O)Nc1ccccc1C#N. The number of anilines is 1. The molecule has 1 unspecified atom stereocenters. The van der Waals surface area contributed by atoms with Gasteiger partial charge in [-0.05, 0) is 18.6 Å². The zero-order valence-electron chi connectivity index (χ0n) is 9.64. The molecule has 1 atom stereocenters. The molecule has 0 aliphatic carbocycles. The van der Waals surface area contributed by atoms with Crippen LogP contribution in [-0.2, 0) is 9.53 Å². The molecule has 0 radical (unpaired) electrons. The summed E-state index contributed by atoms with van der Waals surface area (Å²) in [6.07, 6.45) is 0.442. The van der Waals surface area contributed by atoms with Crippen molar-refractivity contribution in [3.05, 3.63) is 29.8 Å². The highest BCUT2D eigenvalue weighted by Gasteiger charge is 2.14. The Kier molecular flexibility index (Phi) is 5.14. The standard InChI is InChI=1S/C12H15N3O2/c1-17-7-6-10(14)12(16)15-11-5-3-2-4-9(11)8-13/h2-5,10H,6-7,14H2,1H3,(H,15,16). The second-order valence-corrected chi connectivity index (χ2v) is 3.53. The summed E-state index contributed by atoms with van der Waals surface area (Å²) >= 11 is 0. The van der Waals surface area contributed by atoms with E-state index in [4.69, 9.17) is 15.7 Å². The minimum Gasteiger partial charge on any atom is -0.385 e. The van der Waals surface area contributed by atoms with E-state index in [2.05, 4.69) is 5.32 Å². The van der Waals surface area contributed by atoms with Crippen LogP contribution in [0.5, 0.6) is 0 Å². The average Bonchev–Trinajstić information content (AvgIpc) is 2.36. The normalized spacial score (nSPS) is 11.6. The summed E-state index contributed by atoms with van der Waals surface area (Å²) in [5, 5.41) is 11.5. The van der Waals surface area contributed by atoms with E-state index < -0.39 is 6.04 Å². The Morgan fingerprint density at radius 3 is 2.94 bits per heavy atom. The van der Waals surface area contributed by atoms with Gasteiger partial charge >= 0.3 is 0 Å². The van der Waals surface area contributed by atoms with Gasteiger partial charge in [0.05, 0.1) is 17.3 Å². The third-order valence-corrected chi connectivity index (χ3v) is 2.28. The number of rotatable bonds is 5. The van der Waals surface area contributed by atoms with Crippen LogP contribution < -0.4 is 11.1 Å². The van der Waals surface area contributed by atoms with Crippen molar-refractivity contribution < 1.29 is 9.53 Å². The highest BCUT2D eigenvalue weighted by atomic mass is 16.5. The first-order chi connectivity index (χ1) is 8.19. The average molecular weight is 233 g/mol. The maximum Gasteiger partial charge on any atom is 0.241 e. The molecule has 90 valence electrons. The Labute approximate surface area is 100 Å². The third-order valence-electron chi connectivity index (χ3n) is 2.28. The number of nitrogens with one attached hydrogen (secondary N) is 1. The van der Waals surface area contributed by atoms with Gasteiger partial charge in [-0.2, -0.15) is 5.26 Å². The molecule has 5 nitrogen and oxygen atoms in total. The van der Waals surface area contributed by atoms with Crippen molar-refractivity contribution in [1.29, 1.82) is 5.26 Å². The number of amides is 1. The number of carbonyl (C=O) groups excluding carboxylic acids is 1. The highest BCUT2D eigenvalue weighted by Crippen LogP contribution is 2.13. The summed E-state index contributed by atoms with van der Waals surface area (Å²) in [6, 6.07) is 8.15. The van der Waals surface area contributed by atoms with Gasteiger partial charge in [0.25, 0.3) is 0 Å². The van der Waals surface area contributed by atoms with Crippen LogP contribution in [0.25, 0.3) is 0 Å². The predicted octanol–water partition coefficient (Wildman–Crippen LogP) is 0.861. The molecule has 0 heterocycles. The number of nitriles is 1. The van der Waals surface area contributed by atoms with E-state index in [-0.39, 0.29) is 5.91 Å². The number of hydrogen-bond acceptors (Lipinski definition) is 4. The van der Waals surface area contributed by atoms with Gasteiger partial charge in [-0.15, -0.1) is 0 Å². The van der Waals surface area contributed by atoms with Crippen molar-refractivity contribution in [2.24, 2.45) is 5.73 Å². The smallest absolute Gasteiger partial charge is 0.241 e. The van der Waals surface area contributed by atoms with Gasteiger partial charge in [0.15, 0.2) is 0 Å². The fraction of sp³-hybridized carbons (Fsp3) is 0.333. The van der Waals surface area contributed by atoms with E-state index >= 15 is 0 Å². The molecule has 0 aliphatic heterocycles. The molecular formula is C12H15N3O2. The summed E-state index contributed by atoms with van der Waals surface area (Å²) in [5.74, 6) is -0.315. The van der Waals surface area contributed by atoms with Crippen molar-refractivity contribution >= 4 is 11.6 Å². The first-order valence-corrected chi connectivity index (χ1v) is 5.23. The second-order valence-electron chi connectivity index (χ2n) is 3.53. The molecule has 1 aromatic rings. The molecule has 17 heavy (non-hydrogen) atoms. The zero-order valence-corrected chi connectivity index (χ0v) is 9.64. The summed E-state index contributed by atoms with van der Waals surface area (Å²) in [6.45, 7) is 0.425. The van der Waals surface area contributed by atoms with Crippen LogP contribution in [-0.4, -0.2) is 25.7 Å². The molecule has 1 amide bonds. The lowest BCUT2D eigenvalue weighted by atomic mass is 10.1. The van der Waals surface area contributed by atoms with Gasteiger partial charge in [-0.25, -0.2) is 0 Å². The minimum atomic E-state index is -0.637. The van der Waals surface area contributed by atoms with Crippen LogP contribution in [0.15, 0.2) is 24.3 Å². The molecule has 0 saturated heterocycles. The Bertz CT molecular complexity index is 426. The van der Waals surface area contributed by atoms with E-state index in [1.165, 1.54) is 0 Å². The van der Waals surface area contributed by atoms with E-state index in [0.29, 0.717) is 24.3 Å². The van der Waals surface area contributed by atoms with Gasteiger partial charge < -0.3 is 15.8 Å². The van der Waals surface area contributed by atoms with Crippen molar-refractivity contribution in [1.82, 2.24) is 0 Å². The van der Waals surface area contributed by atoms with Gasteiger partial charge in [0.2, 0.25) is 5.91 Å². The minimum absolute atomic E-state index is 0.315. The molecular weight excluding hydrogens is 218 g/mol. The largest absolute Gasteiger partial charge is 0.385 e. The van der Waals surface area contributed by atoms with Crippen LogP contribution in [0, 0.1) is 11.3 Å². The van der Waals surface area contributed by atoms with Gasteiger partial charge in [-0.3, -0.25) is 4.79 Å². The molecule has 0 fully saturated rings. The number of hydrogen-bond donors (Lipinski definition) is 2. The number of nitrogens with two attached hydrogens (primary N) is 1. The van der Waals surface area contributed by atoms with Crippen LogP contribution in [0.3, 0.4) is 0 Å². The van der Waals surface area contributed by atoms with Crippen LogP contribution in [0.1, 0.15) is 12.0 Å². The number of nitrogens with zero attached hydrogens (tertiary/aromatic N) is 1. The maximum absolute atomic E-state index is 11.7. The van der Waals surface area contributed by atoms with Crippen molar-refractivity contribution in [2.75, 3.05) is 19.0 Å². The molecule has 0 spiro atoms. The number of benzene rings is 1. The number of methoxy groups -OCH3 is 1. The molecule has 5 heteroatoms. The molecule has 0 saturated carbocycles. The third kappa shape index (κ3) is 3.87. The Balaban J connectivity index is 2.65. The van der Waals surface area contributed by atoms with Gasteiger partial charge in [0, 0.05) is 13.7 Å². The molecule has 0 aromatic heterocycles. The van der Waals surface area contributed by atoms with Gasteiger partial charge in [0.1, 0.15) is 6.07 Å². The number of carbonyl (C=O) groups is 1. The van der Waals surface area contributed by atoms with Crippen molar-refractivity contribution in [2.45, 2.75) is 12.5 Å². The highest BCUT2D eigenvalue weighted by molar-refractivity contribution is 5.95. The Morgan fingerprint density at radius 2 is 2.29 bits per heavy atom. The van der Waals surface area contributed by atoms with E-state index in [0.717, 1.165) is 0 Å². The lowest BCUT2D eigenvalue weighted by Gasteiger charge is -2.12. The molecule has 1 rings (SSSR count). The number of para-hydroxylation sites is 1. The van der Waals surface area contributed by atoms with Crippen LogP contribution in [0.2, 0.25) is 0 Å². The zero-order chi connectivity index (χ0) is 12.7. The molecule has 0 bridgehead atoms. The quantitative estimate of drug-likeness (QED) is 0.789. The van der Waals surface area contributed by atoms with E-state index in [1.807, 2.05) is 6.07 Å². The summed E-state index contributed by atoms with van der Waals surface area (Å²) in [7, 11) is 1.55. The maximum atomic E-state index is 11.7. The first-order valence-electron chi connectivity index (χ1n) is 5.23. The Hall–Kier alpha value is -1.90. The topological polar surface area (TPSA) is 88.1 Å². The van der Waals surface area contributed by atoms with Crippen molar-refractivity contribution in [3.8, 4) is 6.07 Å². The summed E-state index contributed by atoms with van der Waals surface area (Å²) in [4.78, 5) is 11.7. The fourth-order valence-corrected chi connectivity index (χ4v) is 1.29. The van der Waals surface area contributed by atoms with E-state index in [1.54, 1.807) is 31.4 Å². The number of ether oxygens (including phenoxy) is 1. The molecule has 0 aliphatic rings. The predicted molar refractivity (Wildman–Crippen MR) is 64.3 cm³/mol. The molecule has 1 aromatic carbocycles. The van der Waals surface area contributed by atoms with Crippen molar-refractivity contribution in [3.63, 3.8) is 0 Å². The molecule has 3 N–H and O–H groups in total.